The van der Waals surface area contributed by atoms with Crippen molar-refractivity contribution in [2.75, 3.05) is 11.4 Å². The minimum atomic E-state index is -0.321. The molecule has 0 saturated carbocycles. The number of amides is 1. The summed E-state index contributed by atoms with van der Waals surface area (Å²) in [7, 11) is 0. The molecule has 1 heterocycles. The number of pyridine rings is 1. The second-order valence-electron chi connectivity index (χ2n) is 3.38. The van der Waals surface area contributed by atoms with E-state index >= 15 is 0 Å². The third-order valence-electron chi connectivity index (χ3n) is 1.85. The number of rotatable bonds is 3. The number of anilines is 1. The molecule has 0 aliphatic carbocycles. The van der Waals surface area contributed by atoms with Gasteiger partial charge >= 0.3 is 6.09 Å². The van der Waals surface area contributed by atoms with Crippen LogP contribution in [-0.4, -0.2) is 23.7 Å². The summed E-state index contributed by atoms with van der Waals surface area (Å²) in [5, 5.41) is 0. The van der Waals surface area contributed by atoms with Crippen LogP contribution in [0.4, 0.5) is 10.5 Å². The molecule has 0 aromatic carbocycles. The van der Waals surface area contributed by atoms with Gasteiger partial charge in [0.2, 0.25) is 0 Å². The van der Waals surface area contributed by atoms with Gasteiger partial charge in [-0.1, -0.05) is 0 Å². The second kappa shape index (κ2) is 5.34. The van der Waals surface area contributed by atoms with Crippen LogP contribution in [0, 0.1) is 0 Å². The van der Waals surface area contributed by atoms with E-state index in [0.29, 0.717) is 6.54 Å². The largest absolute Gasteiger partial charge is 0.446 e. The van der Waals surface area contributed by atoms with Gasteiger partial charge in [-0.25, -0.2) is 4.79 Å². The molecule has 1 rings (SSSR count). The third kappa shape index (κ3) is 3.23. The first kappa shape index (κ1) is 11.5. The molecule has 4 heteroatoms. The van der Waals surface area contributed by atoms with Crippen molar-refractivity contribution in [3.8, 4) is 0 Å². The molecule has 0 spiro atoms. The molecular formula is C11H16N2O2. The van der Waals surface area contributed by atoms with Crippen LogP contribution in [-0.2, 0) is 4.74 Å². The molecule has 4 nitrogen and oxygen atoms in total. The van der Waals surface area contributed by atoms with Crippen molar-refractivity contribution in [1.29, 1.82) is 0 Å². The molecule has 15 heavy (non-hydrogen) atoms. The van der Waals surface area contributed by atoms with E-state index in [1.54, 1.807) is 29.4 Å². The molecule has 0 radical (unpaired) electrons. The van der Waals surface area contributed by atoms with Gasteiger partial charge in [0.05, 0.1) is 11.8 Å². The van der Waals surface area contributed by atoms with Crippen LogP contribution in [0.15, 0.2) is 24.5 Å². The molecule has 0 saturated heterocycles. The van der Waals surface area contributed by atoms with Gasteiger partial charge in [0.25, 0.3) is 0 Å². The Balaban J connectivity index is 2.76. The number of nitrogens with zero attached hydrogens (tertiary/aromatic N) is 2. The van der Waals surface area contributed by atoms with Crippen LogP contribution in [0.3, 0.4) is 0 Å². The monoisotopic (exact) mass is 208 g/mol. The van der Waals surface area contributed by atoms with Gasteiger partial charge in [0.15, 0.2) is 0 Å². The Morgan fingerprint density at radius 3 is 2.53 bits per heavy atom. The first-order chi connectivity index (χ1) is 7.15. The number of aromatic nitrogens is 1. The van der Waals surface area contributed by atoms with E-state index in [4.69, 9.17) is 4.74 Å². The quantitative estimate of drug-likeness (QED) is 0.766. The fourth-order valence-corrected chi connectivity index (χ4v) is 1.21. The van der Waals surface area contributed by atoms with Gasteiger partial charge in [-0.3, -0.25) is 9.88 Å². The minimum absolute atomic E-state index is 0.103. The molecule has 1 aromatic heterocycles. The lowest BCUT2D eigenvalue weighted by Gasteiger charge is -2.21. The Bertz CT molecular complexity index is 312. The zero-order valence-electron chi connectivity index (χ0n) is 9.30. The number of ether oxygens (including phenoxy) is 1. The minimum Gasteiger partial charge on any atom is -0.446 e. The van der Waals surface area contributed by atoms with Crippen molar-refractivity contribution in [2.24, 2.45) is 0 Å². The summed E-state index contributed by atoms with van der Waals surface area (Å²) in [6.45, 7) is 6.15. The van der Waals surface area contributed by atoms with Crippen LogP contribution < -0.4 is 4.90 Å². The van der Waals surface area contributed by atoms with Crippen molar-refractivity contribution in [3.63, 3.8) is 0 Å². The molecular weight excluding hydrogens is 192 g/mol. The van der Waals surface area contributed by atoms with Gasteiger partial charge in [0, 0.05) is 18.9 Å². The fraction of sp³-hybridized carbons (Fsp3) is 0.455. The van der Waals surface area contributed by atoms with Gasteiger partial charge < -0.3 is 4.74 Å². The van der Waals surface area contributed by atoms with Crippen LogP contribution in [0.5, 0.6) is 0 Å². The molecule has 0 atom stereocenters. The lowest BCUT2D eigenvalue weighted by Crippen LogP contribution is -2.32. The lowest BCUT2D eigenvalue weighted by atomic mass is 10.3. The summed E-state index contributed by atoms with van der Waals surface area (Å²) in [4.78, 5) is 17.1. The molecule has 0 aliphatic heterocycles. The highest BCUT2D eigenvalue weighted by Crippen LogP contribution is 2.13. The molecule has 82 valence electrons. The molecule has 0 N–H and O–H groups in total. The van der Waals surface area contributed by atoms with E-state index in [9.17, 15) is 4.79 Å². The maximum Gasteiger partial charge on any atom is 0.414 e. The zero-order chi connectivity index (χ0) is 11.3. The topological polar surface area (TPSA) is 42.4 Å². The van der Waals surface area contributed by atoms with Crippen LogP contribution in [0.2, 0.25) is 0 Å². The summed E-state index contributed by atoms with van der Waals surface area (Å²) in [5.41, 5.74) is 0.804. The van der Waals surface area contributed by atoms with E-state index in [1.807, 2.05) is 20.8 Å². The summed E-state index contributed by atoms with van der Waals surface area (Å²) in [6, 6.07) is 3.57. The van der Waals surface area contributed by atoms with Crippen LogP contribution in [0.25, 0.3) is 0 Å². The van der Waals surface area contributed by atoms with Gasteiger partial charge in [0.1, 0.15) is 0 Å². The Labute approximate surface area is 89.9 Å². The number of carbonyl (C=O) groups is 1. The lowest BCUT2D eigenvalue weighted by molar-refractivity contribution is 0.123. The number of carbonyl (C=O) groups excluding carboxylic acids is 1. The Morgan fingerprint density at radius 2 is 2.07 bits per heavy atom. The van der Waals surface area contributed by atoms with E-state index in [-0.39, 0.29) is 12.2 Å². The van der Waals surface area contributed by atoms with E-state index < -0.39 is 0 Å². The highest BCUT2D eigenvalue weighted by Gasteiger charge is 2.15. The Morgan fingerprint density at radius 1 is 1.47 bits per heavy atom. The molecule has 1 aromatic rings. The third-order valence-corrected chi connectivity index (χ3v) is 1.85. The van der Waals surface area contributed by atoms with Crippen molar-refractivity contribution in [2.45, 2.75) is 26.9 Å². The van der Waals surface area contributed by atoms with Crippen molar-refractivity contribution in [1.82, 2.24) is 4.98 Å². The van der Waals surface area contributed by atoms with E-state index in [2.05, 4.69) is 4.98 Å². The second-order valence-corrected chi connectivity index (χ2v) is 3.38. The number of hydrogen-bond donors (Lipinski definition) is 0. The zero-order valence-corrected chi connectivity index (χ0v) is 9.30. The van der Waals surface area contributed by atoms with E-state index in [1.165, 1.54) is 0 Å². The maximum atomic E-state index is 11.7. The summed E-state index contributed by atoms with van der Waals surface area (Å²) in [5.74, 6) is 0. The Kier molecular flexibility index (Phi) is 4.09. The van der Waals surface area contributed by atoms with Crippen molar-refractivity contribution < 1.29 is 9.53 Å². The highest BCUT2D eigenvalue weighted by molar-refractivity contribution is 5.87. The average Bonchev–Trinajstić information content (AvgIpc) is 2.19. The van der Waals surface area contributed by atoms with Crippen LogP contribution >= 0.6 is 0 Å². The first-order valence-electron chi connectivity index (χ1n) is 5.03. The standard InChI is InChI=1S/C11H16N2O2/c1-4-13(11(14)15-9(2)3)10-5-7-12-8-6-10/h5-9H,4H2,1-3H3. The van der Waals surface area contributed by atoms with Gasteiger partial charge in [-0.15, -0.1) is 0 Å². The normalized spacial score (nSPS) is 10.1. The van der Waals surface area contributed by atoms with Gasteiger partial charge in [-0.2, -0.15) is 0 Å². The molecule has 0 aliphatic rings. The first-order valence-corrected chi connectivity index (χ1v) is 5.03. The SMILES string of the molecule is CCN(C(=O)OC(C)C)c1ccncc1. The molecule has 0 bridgehead atoms. The molecule has 0 fully saturated rings. The predicted molar refractivity (Wildman–Crippen MR) is 58.9 cm³/mol. The summed E-state index contributed by atoms with van der Waals surface area (Å²) >= 11 is 0. The van der Waals surface area contributed by atoms with E-state index in [0.717, 1.165) is 5.69 Å². The molecule has 1 amide bonds. The van der Waals surface area contributed by atoms with Crippen molar-refractivity contribution >= 4 is 11.8 Å². The number of hydrogen-bond acceptors (Lipinski definition) is 3. The van der Waals surface area contributed by atoms with Crippen LogP contribution in [0.1, 0.15) is 20.8 Å². The fourth-order valence-electron chi connectivity index (χ4n) is 1.21. The highest BCUT2D eigenvalue weighted by atomic mass is 16.6. The maximum absolute atomic E-state index is 11.7. The van der Waals surface area contributed by atoms with Gasteiger partial charge in [-0.05, 0) is 32.9 Å². The Hall–Kier alpha value is -1.58. The summed E-state index contributed by atoms with van der Waals surface area (Å²) in [6.07, 6.45) is 2.88. The summed E-state index contributed by atoms with van der Waals surface area (Å²) < 4.78 is 5.12. The predicted octanol–water partition coefficient (Wildman–Crippen LogP) is 2.45. The average molecular weight is 208 g/mol. The van der Waals surface area contributed by atoms with Crippen molar-refractivity contribution in [3.05, 3.63) is 24.5 Å². The smallest absolute Gasteiger partial charge is 0.414 e. The molecule has 0 unspecified atom stereocenters.